The van der Waals surface area contributed by atoms with Crippen molar-refractivity contribution in [2.45, 2.75) is 57.3 Å². The summed E-state index contributed by atoms with van der Waals surface area (Å²) in [6, 6.07) is 7.77. The van der Waals surface area contributed by atoms with Crippen molar-refractivity contribution in [3.8, 4) is 0 Å². The molecule has 0 unspecified atom stereocenters. The molecular weight excluding hydrogens is 268 g/mol. The number of carbonyl (C=O) groups excluding carboxylic acids is 1. The van der Waals surface area contributed by atoms with Gasteiger partial charge >= 0.3 is 5.97 Å². The Balaban J connectivity index is 2.39. The van der Waals surface area contributed by atoms with Crippen molar-refractivity contribution < 1.29 is 9.53 Å². The summed E-state index contributed by atoms with van der Waals surface area (Å²) in [4.78, 5) is 13.1. The Bertz CT molecular complexity index is 390. The molecule has 1 aromatic carbocycles. The van der Waals surface area contributed by atoms with Gasteiger partial charge in [0.15, 0.2) is 0 Å². The third-order valence-corrected chi connectivity index (χ3v) is 4.15. The van der Waals surface area contributed by atoms with Crippen LogP contribution in [0.25, 0.3) is 0 Å². The molecule has 0 aliphatic carbocycles. The smallest absolute Gasteiger partial charge is 0.338 e. The summed E-state index contributed by atoms with van der Waals surface area (Å²) in [5.41, 5.74) is 0.669. The van der Waals surface area contributed by atoms with Gasteiger partial charge in [0.05, 0.1) is 12.2 Å². The molecule has 0 saturated heterocycles. The molecule has 0 aliphatic heterocycles. The van der Waals surface area contributed by atoms with Crippen LogP contribution in [-0.4, -0.2) is 18.3 Å². The van der Waals surface area contributed by atoms with E-state index in [9.17, 15) is 4.79 Å². The number of unbranched alkanes of at least 4 members (excludes halogenated alkanes) is 4. The second-order valence-corrected chi connectivity index (χ2v) is 6.09. The highest BCUT2D eigenvalue weighted by Crippen LogP contribution is 2.21. The highest BCUT2D eigenvalue weighted by molar-refractivity contribution is 7.99. The number of benzene rings is 1. The fourth-order valence-corrected chi connectivity index (χ4v) is 2.82. The van der Waals surface area contributed by atoms with Gasteiger partial charge in [0.2, 0.25) is 0 Å². The first-order valence-electron chi connectivity index (χ1n) is 7.68. The van der Waals surface area contributed by atoms with E-state index in [0.29, 0.717) is 12.2 Å². The van der Waals surface area contributed by atoms with Crippen molar-refractivity contribution in [2.24, 2.45) is 0 Å². The Labute approximate surface area is 127 Å². The number of hydrogen-bond acceptors (Lipinski definition) is 3. The molecule has 20 heavy (non-hydrogen) atoms. The quantitative estimate of drug-likeness (QED) is 0.332. The number of esters is 1. The van der Waals surface area contributed by atoms with Crippen molar-refractivity contribution in [1.82, 2.24) is 0 Å². The van der Waals surface area contributed by atoms with E-state index in [4.69, 9.17) is 4.74 Å². The lowest BCUT2D eigenvalue weighted by Crippen LogP contribution is -2.06. The fourth-order valence-electron chi connectivity index (χ4n) is 1.86. The maximum atomic E-state index is 11.9. The van der Waals surface area contributed by atoms with Gasteiger partial charge in [0.1, 0.15) is 0 Å². The minimum Gasteiger partial charge on any atom is -0.462 e. The Hall–Kier alpha value is -0.960. The van der Waals surface area contributed by atoms with Crippen LogP contribution in [0.2, 0.25) is 0 Å². The molecule has 0 heterocycles. The Morgan fingerprint density at radius 2 is 1.85 bits per heavy atom. The maximum absolute atomic E-state index is 11.9. The molecule has 0 N–H and O–H groups in total. The van der Waals surface area contributed by atoms with E-state index in [-0.39, 0.29) is 5.97 Å². The maximum Gasteiger partial charge on any atom is 0.338 e. The first-order chi connectivity index (χ1) is 9.77. The lowest BCUT2D eigenvalue weighted by molar-refractivity contribution is 0.0498. The molecular formula is C17H26O2S. The highest BCUT2D eigenvalue weighted by Gasteiger charge is 2.07. The number of rotatable bonds is 10. The van der Waals surface area contributed by atoms with Crippen molar-refractivity contribution in [2.75, 3.05) is 12.4 Å². The van der Waals surface area contributed by atoms with Crippen LogP contribution in [0.1, 0.15) is 62.7 Å². The van der Waals surface area contributed by atoms with Crippen molar-refractivity contribution in [3.63, 3.8) is 0 Å². The van der Waals surface area contributed by atoms with Crippen molar-refractivity contribution in [1.29, 1.82) is 0 Å². The highest BCUT2D eigenvalue weighted by atomic mass is 32.2. The van der Waals surface area contributed by atoms with E-state index in [0.717, 1.165) is 29.9 Å². The van der Waals surface area contributed by atoms with Gasteiger partial charge in [-0.2, -0.15) is 0 Å². The Morgan fingerprint density at radius 1 is 1.10 bits per heavy atom. The molecule has 0 aromatic heterocycles. The van der Waals surface area contributed by atoms with Crippen LogP contribution in [0, 0.1) is 0 Å². The largest absolute Gasteiger partial charge is 0.462 e. The number of hydrogen-bond donors (Lipinski definition) is 0. The predicted molar refractivity (Wildman–Crippen MR) is 86.5 cm³/mol. The van der Waals surface area contributed by atoms with Crippen molar-refractivity contribution >= 4 is 17.7 Å². The van der Waals surface area contributed by atoms with E-state index in [2.05, 4.69) is 19.9 Å². The minimum absolute atomic E-state index is 0.197. The van der Waals surface area contributed by atoms with Crippen LogP contribution in [0.15, 0.2) is 29.2 Å². The van der Waals surface area contributed by atoms with E-state index < -0.39 is 0 Å². The SMILES string of the molecule is CCCCCOC(=O)c1cccc(SCCCCC)c1. The van der Waals surface area contributed by atoms with Crippen molar-refractivity contribution in [3.05, 3.63) is 29.8 Å². The van der Waals surface area contributed by atoms with Crippen LogP contribution < -0.4 is 0 Å². The Kier molecular flexibility index (Phi) is 9.22. The Morgan fingerprint density at radius 3 is 2.60 bits per heavy atom. The molecule has 0 spiro atoms. The number of carbonyl (C=O) groups is 1. The molecule has 0 aliphatic rings. The lowest BCUT2D eigenvalue weighted by atomic mass is 10.2. The summed E-state index contributed by atoms with van der Waals surface area (Å²) in [6.07, 6.45) is 6.94. The van der Waals surface area contributed by atoms with Crippen LogP contribution >= 0.6 is 11.8 Å². The zero-order valence-electron chi connectivity index (χ0n) is 12.7. The zero-order valence-corrected chi connectivity index (χ0v) is 13.5. The normalized spacial score (nSPS) is 10.5. The topological polar surface area (TPSA) is 26.3 Å². The average molecular weight is 294 g/mol. The molecule has 2 nitrogen and oxygen atoms in total. The first kappa shape index (κ1) is 17.1. The monoisotopic (exact) mass is 294 g/mol. The second-order valence-electron chi connectivity index (χ2n) is 4.93. The van der Waals surface area contributed by atoms with Gasteiger partial charge in [-0.1, -0.05) is 45.6 Å². The van der Waals surface area contributed by atoms with Gasteiger partial charge in [-0.25, -0.2) is 4.79 Å². The number of thioether (sulfide) groups is 1. The van der Waals surface area contributed by atoms with Crippen LogP contribution in [0.3, 0.4) is 0 Å². The fraction of sp³-hybridized carbons (Fsp3) is 0.588. The zero-order chi connectivity index (χ0) is 14.6. The van der Waals surface area contributed by atoms with Gasteiger partial charge in [0.25, 0.3) is 0 Å². The van der Waals surface area contributed by atoms with Crippen LogP contribution in [0.5, 0.6) is 0 Å². The minimum atomic E-state index is -0.197. The summed E-state index contributed by atoms with van der Waals surface area (Å²) < 4.78 is 5.28. The third kappa shape index (κ3) is 6.99. The molecule has 1 aromatic rings. The van der Waals surface area contributed by atoms with Crippen LogP contribution in [-0.2, 0) is 4.74 Å². The second kappa shape index (κ2) is 10.8. The predicted octanol–water partition coefficient (Wildman–Crippen LogP) is 5.32. The molecule has 0 atom stereocenters. The molecule has 0 bridgehead atoms. The molecule has 0 fully saturated rings. The van der Waals surface area contributed by atoms with Crippen LogP contribution in [0.4, 0.5) is 0 Å². The third-order valence-electron chi connectivity index (χ3n) is 3.07. The lowest BCUT2D eigenvalue weighted by Gasteiger charge is -2.06. The van der Waals surface area contributed by atoms with E-state index >= 15 is 0 Å². The van der Waals surface area contributed by atoms with Gasteiger partial charge in [-0.05, 0) is 36.8 Å². The molecule has 112 valence electrons. The van der Waals surface area contributed by atoms with Gasteiger partial charge in [0, 0.05) is 4.90 Å². The molecule has 0 amide bonds. The molecule has 3 heteroatoms. The number of ether oxygens (including phenoxy) is 1. The van der Waals surface area contributed by atoms with E-state index in [1.807, 2.05) is 30.0 Å². The van der Waals surface area contributed by atoms with E-state index in [1.54, 1.807) is 0 Å². The summed E-state index contributed by atoms with van der Waals surface area (Å²) in [7, 11) is 0. The summed E-state index contributed by atoms with van der Waals surface area (Å²) in [5, 5.41) is 0. The summed E-state index contributed by atoms with van der Waals surface area (Å²) >= 11 is 1.82. The summed E-state index contributed by atoms with van der Waals surface area (Å²) in [5.74, 6) is 0.917. The molecule has 0 saturated carbocycles. The standard InChI is InChI=1S/C17H26O2S/c1-3-5-7-12-19-17(18)15-10-9-11-16(14-15)20-13-8-6-4-2/h9-11,14H,3-8,12-13H2,1-2H3. The van der Waals surface area contributed by atoms with Gasteiger partial charge in [-0.3, -0.25) is 0 Å². The first-order valence-corrected chi connectivity index (χ1v) is 8.66. The summed E-state index contributed by atoms with van der Waals surface area (Å²) in [6.45, 7) is 4.88. The molecule has 0 radical (unpaired) electrons. The average Bonchev–Trinajstić information content (AvgIpc) is 2.48. The van der Waals surface area contributed by atoms with E-state index in [1.165, 1.54) is 19.3 Å². The van der Waals surface area contributed by atoms with Gasteiger partial charge in [-0.15, -0.1) is 11.8 Å². The van der Waals surface area contributed by atoms with Gasteiger partial charge < -0.3 is 4.74 Å². The molecule has 1 rings (SSSR count).